The number of hydrogen-bond acceptors (Lipinski definition) is 2. The molecular weight excluding hydrogens is 245 g/mol. The molecule has 0 spiro atoms. The molecule has 2 nitrogen and oxygen atoms in total. The summed E-state index contributed by atoms with van der Waals surface area (Å²) in [5.74, 6) is 0. The van der Waals surface area contributed by atoms with Crippen LogP contribution in [-0.2, 0) is 0 Å². The zero-order valence-electron chi connectivity index (χ0n) is 8.15. The number of halogens is 2. The summed E-state index contributed by atoms with van der Waals surface area (Å²) in [7, 11) is 0. The van der Waals surface area contributed by atoms with E-state index >= 15 is 0 Å². The van der Waals surface area contributed by atoms with Crippen molar-refractivity contribution in [1.29, 1.82) is 0 Å². The van der Waals surface area contributed by atoms with Gasteiger partial charge in [0.1, 0.15) is 5.69 Å². The number of hydrogen-bond donors (Lipinski definition) is 0. The van der Waals surface area contributed by atoms with E-state index in [0.717, 1.165) is 5.56 Å². The number of pyridine rings is 1. The quantitative estimate of drug-likeness (QED) is 0.761. The molecule has 80 valence electrons. The van der Waals surface area contributed by atoms with E-state index in [1.807, 2.05) is 12.1 Å². The molecule has 0 fully saturated rings. The largest absolute Gasteiger partial charge is 0.274 e. The van der Waals surface area contributed by atoms with E-state index in [2.05, 4.69) is 4.98 Å². The van der Waals surface area contributed by atoms with Crippen molar-refractivity contribution < 1.29 is 4.79 Å². The van der Waals surface area contributed by atoms with Gasteiger partial charge in [0.2, 0.25) is 0 Å². The summed E-state index contributed by atoms with van der Waals surface area (Å²) >= 11 is 11.3. The minimum Gasteiger partial charge on any atom is -0.274 e. The van der Waals surface area contributed by atoms with Gasteiger partial charge in [0.05, 0.1) is 0 Å². The van der Waals surface area contributed by atoms with Gasteiger partial charge in [0, 0.05) is 16.8 Å². The minimum atomic E-state index is -0.564. The molecule has 16 heavy (non-hydrogen) atoms. The van der Waals surface area contributed by atoms with Crippen LogP contribution in [0.4, 0.5) is 0 Å². The summed E-state index contributed by atoms with van der Waals surface area (Å²) in [5.41, 5.74) is 1.83. The Bertz CT molecular complexity index is 523. The summed E-state index contributed by atoms with van der Waals surface area (Å²) in [6, 6.07) is 10.7. The van der Waals surface area contributed by atoms with Crippen LogP contribution in [-0.4, -0.2) is 10.2 Å². The molecule has 2 rings (SSSR count). The Balaban J connectivity index is 2.55. The van der Waals surface area contributed by atoms with Gasteiger partial charge in [-0.05, 0) is 35.4 Å². The first kappa shape index (κ1) is 11.1. The maximum Gasteiger partial charge on any atom is 0.271 e. The average Bonchev–Trinajstić information content (AvgIpc) is 2.30. The van der Waals surface area contributed by atoms with E-state index < -0.39 is 5.24 Å². The third-order valence-electron chi connectivity index (χ3n) is 2.15. The van der Waals surface area contributed by atoms with Crippen LogP contribution in [0.1, 0.15) is 10.5 Å². The molecule has 1 aromatic carbocycles. The fourth-order valence-corrected chi connectivity index (χ4v) is 1.70. The Morgan fingerprint density at radius 1 is 1.12 bits per heavy atom. The van der Waals surface area contributed by atoms with Crippen LogP contribution in [0.15, 0.2) is 42.6 Å². The maximum atomic E-state index is 11.2. The Morgan fingerprint density at radius 3 is 2.44 bits per heavy atom. The minimum absolute atomic E-state index is 0.256. The van der Waals surface area contributed by atoms with Gasteiger partial charge in [-0.25, -0.2) is 0 Å². The van der Waals surface area contributed by atoms with Gasteiger partial charge in [-0.2, -0.15) is 0 Å². The molecule has 4 heteroatoms. The molecule has 0 unspecified atom stereocenters. The first-order valence-electron chi connectivity index (χ1n) is 4.59. The van der Waals surface area contributed by atoms with E-state index in [-0.39, 0.29) is 5.69 Å². The predicted molar refractivity (Wildman–Crippen MR) is 64.9 cm³/mol. The molecular formula is C12H7Cl2NO. The third kappa shape index (κ3) is 2.23. The van der Waals surface area contributed by atoms with Gasteiger partial charge in [0.15, 0.2) is 0 Å². The SMILES string of the molecule is O=C(Cl)c1ncccc1-c1ccc(Cl)cc1. The van der Waals surface area contributed by atoms with Crippen molar-refractivity contribution in [2.24, 2.45) is 0 Å². The van der Waals surface area contributed by atoms with E-state index in [9.17, 15) is 4.79 Å². The molecule has 0 bridgehead atoms. The summed E-state index contributed by atoms with van der Waals surface area (Å²) < 4.78 is 0. The van der Waals surface area contributed by atoms with Crippen LogP contribution in [0, 0.1) is 0 Å². The topological polar surface area (TPSA) is 30.0 Å². The van der Waals surface area contributed by atoms with E-state index in [4.69, 9.17) is 23.2 Å². The van der Waals surface area contributed by atoms with Crippen LogP contribution in [0.25, 0.3) is 11.1 Å². The highest BCUT2D eigenvalue weighted by Crippen LogP contribution is 2.24. The fraction of sp³-hybridized carbons (Fsp3) is 0. The standard InChI is InChI=1S/C12H7Cl2NO/c13-9-5-3-8(4-6-9)10-2-1-7-15-11(10)12(14)16/h1-7H. The summed E-state index contributed by atoms with van der Waals surface area (Å²) in [5, 5.41) is 0.0805. The van der Waals surface area contributed by atoms with Crippen LogP contribution in [0.2, 0.25) is 5.02 Å². The first-order chi connectivity index (χ1) is 7.68. The normalized spacial score (nSPS) is 10.1. The highest BCUT2D eigenvalue weighted by Gasteiger charge is 2.11. The van der Waals surface area contributed by atoms with Crippen molar-refractivity contribution in [3.63, 3.8) is 0 Å². The monoisotopic (exact) mass is 251 g/mol. The van der Waals surface area contributed by atoms with Gasteiger partial charge in [0.25, 0.3) is 5.24 Å². The van der Waals surface area contributed by atoms with Gasteiger partial charge in [-0.15, -0.1) is 0 Å². The molecule has 1 aromatic heterocycles. The van der Waals surface area contributed by atoms with Gasteiger partial charge < -0.3 is 0 Å². The lowest BCUT2D eigenvalue weighted by atomic mass is 10.0. The van der Waals surface area contributed by atoms with Crippen LogP contribution >= 0.6 is 23.2 Å². The van der Waals surface area contributed by atoms with Crippen LogP contribution in [0.5, 0.6) is 0 Å². The van der Waals surface area contributed by atoms with Gasteiger partial charge >= 0.3 is 0 Å². The number of aromatic nitrogens is 1. The Labute approximate surface area is 103 Å². The average molecular weight is 252 g/mol. The molecule has 0 aliphatic carbocycles. The van der Waals surface area contributed by atoms with E-state index in [1.165, 1.54) is 6.20 Å². The Hall–Kier alpha value is -1.38. The number of carbonyl (C=O) groups is 1. The van der Waals surface area contributed by atoms with Crippen molar-refractivity contribution in [2.75, 3.05) is 0 Å². The molecule has 0 atom stereocenters. The summed E-state index contributed by atoms with van der Waals surface area (Å²) in [6.45, 7) is 0. The van der Waals surface area contributed by atoms with Crippen molar-refractivity contribution in [2.45, 2.75) is 0 Å². The van der Waals surface area contributed by atoms with Crippen molar-refractivity contribution in [1.82, 2.24) is 4.98 Å². The summed E-state index contributed by atoms with van der Waals surface area (Å²) in [4.78, 5) is 15.1. The van der Waals surface area contributed by atoms with E-state index in [1.54, 1.807) is 24.3 Å². The number of carbonyl (C=O) groups excluding carboxylic acids is 1. The number of rotatable bonds is 2. The molecule has 0 radical (unpaired) electrons. The first-order valence-corrected chi connectivity index (χ1v) is 5.35. The second kappa shape index (κ2) is 4.64. The molecule has 0 saturated carbocycles. The molecule has 1 heterocycles. The highest BCUT2D eigenvalue weighted by molar-refractivity contribution is 6.68. The highest BCUT2D eigenvalue weighted by atomic mass is 35.5. The number of benzene rings is 1. The van der Waals surface area contributed by atoms with Gasteiger partial charge in [-0.1, -0.05) is 29.8 Å². The van der Waals surface area contributed by atoms with Crippen LogP contribution in [0.3, 0.4) is 0 Å². The summed E-state index contributed by atoms with van der Waals surface area (Å²) in [6.07, 6.45) is 1.54. The third-order valence-corrected chi connectivity index (χ3v) is 2.58. The van der Waals surface area contributed by atoms with E-state index in [0.29, 0.717) is 10.6 Å². The molecule has 2 aromatic rings. The zero-order valence-corrected chi connectivity index (χ0v) is 9.66. The molecule has 0 aliphatic heterocycles. The zero-order chi connectivity index (χ0) is 11.5. The predicted octanol–water partition coefficient (Wildman–Crippen LogP) is 3.78. The van der Waals surface area contributed by atoms with Crippen molar-refractivity contribution in [3.05, 3.63) is 53.3 Å². The Morgan fingerprint density at radius 2 is 1.81 bits per heavy atom. The van der Waals surface area contributed by atoms with Crippen molar-refractivity contribution in [3.8, 4) is 11.1 Å². The van der Waals surface area contributed by atoms with Crippen LogP contribution < -0.4 is 0 Å². The maximum absolute atomic E-state index is 11.2. The lowest BCUT2D eigenvalue weighted by Crippen LogP contribution is -1.96. The second-order valence-electron chi connectivity index (χ2n) is 3.18. The fourth-order valence-electron chi connectivity index (χ4n) is 1.42. The second-order valence-corrected chi connectivity index (χ2v) is 3.96. The lowest BCUT2D eigenvalue weighted by molar-refractivity contribution is 0.107. The molecule has 0 aliphatic rings. The molecule has 0 saturated heterocycles. The smallest absolute Gasteiger partial charge is 0.271 e. The molecule has 0 amide bonds. The Kier molecular flexibility index (Phi) is 3.22. The molecule has 0 N–H and O–H groups in total. The lowest BCUT2D eigenvalue weighted by Gasteiger charge is -2.04. The van der Waals surface area contributed by atoms with Gasteiger partial charge in [-0.3, -0.25) is 9.78 Å². The number of nitrogens with zero attached hydrogens (tertiary/aromatic N) is 1. The van der Waals surface area contributed by atoms with Crippen molar-refractivity contribution >= 4 is 28.4 Å².